The molecule has 0 atom stereocenters. The van der Waals surface area contributed by atoms with Crippen molar-refractivity contribution in [3.8, 4) is 0 Å². The second kappa shape index (κ2) is 4.81. The van der Waals surface area contributed by atoms with Crippen LogP contribution in [0.5, 0.6) is 0 Å². The summed E-state index contributed by atoms with van der Waals surface area (Å²) in [6.45, 7) is 5.09. The second-order valence-electron chi connectivity index (χ2n) is 5.05. The van der Waals surface area contributed by atoms with E-state index in [1.807, 2.05) is 0 Å². The highest BCUT2D eigenvalue weighted by Crippen LogP contribution is 2.24. The first-order valence-corrected chi connectivity index (χ1v) is 6.57. The molecule has 0 unspecified atom stereocenters. The predicted molar refractivity (Wildman–Crippen MR) is 81.3 cm³/mol. The first kappa shape index (κ1) is 11.8. The van der Waals surface area contributed by atoms with Gasteiger partial charge in [0, 0.05) is 23.8 Å². The molecule has 0 aliphatic carbocycles. The number of rotatable bonds is 2. The molecule has 2 nitrogen and oxygen atoms in total. The summed E-state index contributed by atoms with van der Waals surface area (Å²) < 4.78 is 0. The van der Waals surface area contributed by atoms with Crippen LogP contribution in [0.2, 0.25) is 0 Å². The summed E-state index contributed by atoms with van der Waals surface area (Å²) in [4.78, 5) is 4.50. The third-order valence-corrected chi connectivity index (χ3v) is 3.46. The molecule has 0 aromatic heterocycles. The van der Waals surface area contributed by atoms with E-state index < -0.39 is 0 Å². The molecule has 0 N–H and O–H groups in total. The van der Waals surface area contributed by atoms with E-state index in [1.54, 1.807) is 0 Å². The van der Waals surface area contributed by atoms with Crippen LogP contribution in [0.1, 0.15) is 11.1 Å². The molecule has 0 amide bonds. The zero-order valence-corrected chi connectivity index (χ0v) is 11.4. The molecule has 2 heteroatoms. The molecular formula is C17H18N2. The van der Waals surface area contributed by atoms with Gasteiger partial charge in [-0.1, -0.05) is 35.4 Å². The molecule has 96 valence electrons. The van der Waals surface area contributed by atoms with Gasteiger partial charge in [-0.15, -0.1) is 0 Å². The van der Waals surface area contributed by atoms with Gasteiger partial charge >= 0.3 is 0 Å². The minimum absolute atomic E-state index is 0.867. The molecule has 1 aliphatic rings. The first-order chi connectivity index (χ1) is 9.22. The van der Waals surface area contributed by atoms with Crippen LogP contribution >= 0.6 is 0 Å². The molecule has 1 aliphatic heterocycles. The van der Waals surface area contributed by atoms with Crippen molar-refractivity contribution in [2.75, 3.05) is 16.5 Å². The van der Waals surface area contributed by atoms with E-state index >= 15 is 0 Å². The zero-order chi connectivity index (χ0) is 13.2. The SMILES string of the molecule is Cc1ccc(N2C=CN(c3ccc(C)cc3)C2)cc1. The number of benzene rings is 2. The monoisotopic (exact) mass is 250 g/mol. The maximum absolute atomic E-state index is 2.25. The normalized spacial score (nSPS) is 14.2. The lowest BCUT2D eigenvalue weighted by Crippen LogP contribution is -2.24. The summed E-state index contributed by atoms with van der Waals surface area (Å²) >= 11 is 0. The van der Waals surface area contributed by atoms with Crippen molar-refractivity contribution in [3.63, 3.8) is 0 Å². The highest BCUT2D eigenvalue weighted by molar-refractivity contribution is 5.59. The molecule has 2 aromatic rings. The lowest BCUT2D eigenvalue weighted by molar-refractivity contribution is 0.975. The molecule has 0 saturated carbocycles. The maximum atomic E-state index is 2.25. The second-order valence-corrected chi connectivity index (χ2v) is 5.05. The molecule has 0 saturated heterocycles. The fourth-order valence-corrected chi connectivity index (χ4v) is 2.23. The Balaban J connectivity index is 1.76. The summed E-state index contributed by atoms with van der Waals surface area (Å²) in [5, 5.41) is 0. The molecule has 0 radical (unpaired) electrons. The van der Waals surface area contributed by atoms with E-state index in [9.17, 15) is 0 Å². The summed E-state index contributed by atoms with van der Waals surface area (Å²) in [7, 11) is 0. The minimum atomic E-state index is 0.867. The number of anilines is 2. The lowest BCUT2D eigenvalue weighted by Gasteiger charge is -2.21. The van der Waals surface area contributed by atoms with Gasteiger partial charge in [-0.3, -0.25) is 0 Å². The van der Waals surface area contributed by atoms with E-state index in [-0.39, 0.29) is 0 Å². The van der Waals surface area contributed by atoms with Crippen LogP contribution in [0.4, 0.5) is 11.4 Å². The Labute approximate surface area is 114 Å². The minimum Gasteiger partial charge on any atom is -0.328 e. The third kappa shape index (κ3) is 2.48. The molecule has 0 fully saturated rings. The van der Waals surface area contributed by atoms with Crippen molar-refractivity contribution in [3.05, 3.63) is 72.1 Å². The van der Waals surface area contributed by atoms with Gasteiger partial charge in [0.1, 0.15) is 0 Å². The van der Waals surface area contributed by atoms with Crippen LogP contribution in [-0.4, -0.2) is 6.67 Å². The van der Waals surface area contributed by atoms with Gasteiger partial charge in [0.15, 0.2) is 0 Å². The molecule has 0 bridgehead atoms. The van der Waals surface area contributed by atoms with Crippen molar-refractivity contribution in [2.45, 2.75) is 13.8 Å². The fourth-order valence-electron chi connectivity index (χ4n) is 2.23. The number of hydrogen-bond donors (Lipinski definition) is 0. The standard InChI is InChI=1S/C17H18N2/c1-14-3-7-16(8-4-14)18-11-12-19(13-18)17-9-5-15(2)6-10-17/h3-12H,13H2,1-2H3. The van der Waals surface area contributed by atoms with Crippen molar-refractivity contribution in [1.29, 1.82) is 0 Å². The van der Waals surface area contributed by atoms with Crippen LogP contribution in [0, 0.1) is 13.8 Å². The van der Waals surface area contributed by atoms with Gasteiger partial charge in [-0.25, -0.2) is 0 Å². The molecule has 1 heterocycles. The van der Waals surface area contributed by atoms with Crippen LogP contribution in [-0.2, 0) is 0 Å². The van der Waals surface area contributed by atoms with E-state index in [4.69, 9.17) is 0 Å². The Bertz CT molecular complexity index is 528. The molecule has 2 aromatic carbocycles. The van der Waals surface area contributed by atoms with Gasteiger partial charge in [-0.05, 0) is 38.1 Å². The number of aryl methyl sites for hydroxylation is 2. The molecular weight excluding hydrogens is 232 g/mol. The zero-order valence-electron chi connectivity index (χ0n) is 11.4. The average Bonchev–Trinajstić information content (AvgIpc) is 2.90. The van der Waals surface area contributed by atoms with Gasteiger partial charge in [0.25, 0.3) is 0 Å². The van der Waals surface area contributed by atoms with Crippen LogP contribution in [0.25, 0.3) is 0 Å². The average molecular weight is 250 g/mol. The molecule has 19 heavy (non-hydrogen) atoms. The maximum Gasteiger partial charge on any atom is 0.0989 e. The van der Waals surface area contributed by atoms with Gasteiger partial charge in [-0.2, -0.15) is 0 Å². The van der Waals surface area contributed by atoms with Crippen molar-refractivity contribution >= 4 is 11.4 Å². The van der Waals surface area contributed by atoms with E-state index in [0.29, 0.717) is 0 Å². The largest absolute Gasteiger partial charge is 0.328 e. The highest BCUT2D eigenvalue weighted by atomic mass is 15.3. The Hall–Kier alpha value is -2.22. The summed E-state index contributed by atoms with van der Waals surface area (Å²) in [5.41, 5.74) is 5.05. The topological polar surface area (TPSA) is 6.48 Å². The first-order valence-electron chi connectivity index (χ1n) is 6.57. The highest BCUT2D eigenvalue weighted by Gasteiger charge is 2.14. The quantitative estimate of drug-likeness (QED) is 0.793. The number of nitrogens with zero attached hydrogens (tertiary/aromatic N) is 2. The fraction of sp³-hybridized carbons (Fsp3) is 0.176. The summed E-state index contributed by atoms with van der Waals surface area (Å²) in [5.74, 6) is 0. The van der Waals surface area contributed by atoms with Gasteiger partial charge in [0.05, 0.1) is 6.67 Å². The molecule has 3 rings (SSSR count). The predicted octanol–water partition coefficient (Wildman–Crippen LogP) is 4.06. The van der Waals surface area contributed by atoms with Gasteiger partial charge in [0.2, 0.25) is 0 Å². The van der Waals surface area contributed by atoms with Crippen LogP contribution in [0.3, 0.4) is 0 Å². The Morgan fingerprint density at radius 2 is 1.00 bits per heavy atom. The summed E-state index contributed by atoms with van der Waals surface area (Å²) in [6, 6.07) is 17.3. The van der Waals surface area contributed by atoms with Crippen molar-refractivity contribution < 1.29 is 0 Å². The third-order valence-electron chi connectivity index (χ3n) is 3.46. The Kier molecular flexibility index (Phi) is 3.00. The van der Waals surface area contributed by atoms with Crippen LogP contribution in [0.15, 0.2) is 60.9 Å². The van der Waals surface area contributed by atoms with E-state index in [0.717, 1.165) is 6.67 Å². The van der Waals surface area contributed by atoms with E-state index in [2.05, 4.69) is 84.6 Å². The summed E-state index contributed by atoms with van der Waals surface area (Å²) in [6.07, 6.45) is 4.26. The smallest absolute Gasteiger partial charge is 0.0989 e. The van der Waals surface area contributed by atoms with Crippen LogP contribution < -0.4 is 9.80 Å². The molecule has 0 spiro atoms. The van der Waals surface area contributed by atoms with Crippen molar-refractivity contribution in [1.82, 2.24) is 0 Å². The Morgan fingerprint density at radius 3 is 1.37 bits per heavy atom. The lowest BCUT2D eigenvalue weighted by atomic mass is 10.2. The number of hydrogen-bond acceptors (Lipinski definition) is 2. The van der Waals surface area contributed by atoms with Crippen molar-refractivity contribution in [2.24, 2.45) is 0 Å². The van der Waals surface area contributed by atoms with E-state index in [1.165, 1.54) is 22.5 Å². The van der Waals surface area contributed by atoms with Gasteiger partial charge < -0.3 is 9.80 Å². The Morgan fingerprint density at radius 1 is 0.632 bits per heavy atom.